The van der Waals surface area contributed by atoms with Crippen molar-refractivity contribution >= 4 is 37.7 Å². The van der Waals surface area contributed by atoms with Gasteiger partial charge in [-0.1, -0.05) is 0 Å². The van der Waals surface area contributed by atoms with Crippen LogP contribution in [0, 0.1) is 11.8 Å². The summed E-state index contributed by atoms with van der Waals surface area (Å²) in [4.78, 5) is 0. The zero-order chi connectivity index (χ0) is 22.6. The fourth-order valence-corrected chi connectivity index (χ4v) is 25.0. The minimum atomic E-state index is -1.35. The topological polar surface area (TPSA) is 48.1 Å². The average molecular weight is 583 g/mol. The Hall–Kier alpha value is 1.35. The molecule has 0 radical (unpaired) electrons. The van der Waals surface area contributed by atoms with Gasteiger partial charge >= 0.3 is 204 Å². The molecule has 0 aromatic carbocycles. The molecule has 2 aliphatic carbocycles. The molecular formula is C24H54GaInN4. The van der Waals surface area contributed by atoms with Crippen molar-refractivity contribution < 1.29 is 0 Å². The molecule has 30 heavy (non-hydrogen) atoms. The Balaban J connectivity index is 0.000000303. The fourth-order valence-electron chi connectivity index (χ4n) is 7.31. The molecule has 0 aliphatic heterocycles. The number of rotatable bonds is 12. The van der Waals surface area contributed by atoms with Crippen molar-refractivity contribution in [3.8, 4) is 0 Å². The molecule has 2 rings (SSSR count). The van der Waals surface area contributed by atoms with Crippen LogP contribution in [-0.4, -0.2) is 92.0 Å². The molecule has 2 saturated carbocycles. The third-order valence-electron chi connectivity index (χ3n) is 8.88. The minimum absolute atomic E-state index is 0.727. The van der Waals surface area contributed by atoms with Crippen LogP contribution in [0.3, 0.4) is 0 Å². The third kappa shape index (κ3) is 7.17. The SMILES string of the molecule is CNCC1CCC[C]1(CNC)[Ga]([CH3])[CH3].C[CH2][In]([CH2]C)[C]1(CNC)CCCC1CNC. The Labute approximate surface area is 202 Å². The van der Waals surface area contributed by atoms with Crippen LogP contribution in [0.1, 0.15) is 52.4 Å². The van der Waals surface area contributed by atoms with Gasteiger partial charge in [0.05, 0.1) is 0 Å². The zero-order valence-corrected chi connectivity index (χ0v) is 27.5. The first-order valence-corrected chi connectivity index (χ1v) is 25.4. The van der Waals surface area contributed by atoms with Crippen LogP contribution in [-0.2, 0) is 0 Å². The molecule has 4 unspecified atom stereocenters. The second kappa shape index (κ2) is 15.3. The first-order chi connectivity index (χ1) is 14.4. The molecule has 0 bridgehead atoms. The summed E-state index contributed by atoms with van der Waals surface area (Å²) >= 11 is -2.39. The Bertz CT molecular complexity index is 449. The molecule has 2 fully saturated rings. The van der Waals surface area contributed by atoms with Gasteiger partial charge in [-0.3, -0.25) is 0 Å². The van der Waals surface area contributed by atoms with E-state index < -0.39 is 37.7 Å². The first-order valence-electron chi connectivity index (χ1n) is 13.0. The van der Waals surface area contributed by atoms with Crippen molar-refractivity contribution in [2.75, 3.05) is 54.4 Å². The van der Waals surface area contributed by atoms with Gasteiger partial charge in [-0.15, -0.1) is 0 Å². The maximum absolute atomic E-state index is 3.51. The van der Waals surface area contributed by atoms with Crippen molar-refractivity contribution in [2.24, 2.45) is 11.8 Å². The van der Waals surface area contributed by atoms with E-state index in [4.69, 9.17) is 0 Å². The van der Waals surface area contributed by atoms with Crippen LogP contribution < -0.4 is 21.3 Å². The van der Waals surface area contributed by atoms with Gasteiger partial charge in [0.2, 0.25) is 0 Å². The summed E-state index contributed by atoms with van der Waals surface area (Å²) in [6.07, 6.45) is 8.85. The van der Waals surface area contributed by atoms with Crippen molar-refractivity contribution in [3.63, 3.8) is 0 Å². The van der Waals surface area contributed by atoms with Gasteiger partial charge in [0.25, 0.3) is 0 Å². The summed E-state index contributed by atoms with van der Waals surface area (Å²) in [5.41, 5.74) is 5.14. The molecule has 4 N–H and O–H groups in total. The van der Waals surface area contributed by atoms with E-state index in [0.29, 0.717) is 0 Å². The Morgan fingerprint density at radius 3 is 1.80 bits per heavy atom. The summed E-state index contributed by atoms with van der Waals surface area (Å²) in [7, 11) is 8.46. The van der Waals surface area contributed by atoms with E-state index in [1.165, 1.54) is 64.7 Å². The summed E-state index contributed by atoms with van der Waals surface area (Å²) < 4.78 is 4.58. The monoisotopic (exact) mass is 582 g/mol. The fraction of sp³-hybridized carbons (Fsp3) is 1.00. The van der Waals surface area contributed by atoms with E-state index in [-0.39, 0.29) is 0 Å². The molecular weight excluding hydrogens is 529 g/mol. The van der Waals surface area contributed by atoms with Crippen LogP contribution in [0.5, 0.6) is 0 Å². The van der Waals surface area contributed by atoms with E-state index in [1.54, 1.807) is 8.35 Å². The van der Waals surface area contributed by atoms with Gasteiger partial charge in [-0.05, 0) is 0 Å². The van der Waals surface area contributed by atoms with Crippen LogP contribution in [0.25, 0.3) is 0 Å². The Morgan fingerprint density at radius 2 is 1.30 bits per heavy atom. The first kappa shape index (κ1) is 29.4. The maximum atomic E-state index is 3.51. The number of hydrogen-bond donors (Lipinski definition) is 4. The van der Waals surface area contributed by atoms with Crippen LogP contribution in [0.2, 0.25) is 26.5 Å². The summed E-state index contributed by atoms with van der Waals surface area (Å²) in [6.45, 7) is 9.94. The van der Waals surface area contributed by atoms with Crippen molar-refractivity contribution in [2.45, 2.75) is 78.8 Å². The Morgan fingerprint density at radius 1 is 0.767 bits per heavy atom. The van der Waals surface area contributed by atoms with Crippen molar-refractivity contribution in [3.05, 3.63) is 0 Å². The van der Waals surface area contributed by atoms with Gasteiger partial charge in [0.1, 0.15) is 0 Å². The summed E-state index contributed by atoms with van der Waals surface area (Å²) in [5.74, 6) is 1.91. The molecule has 176 valence electrons. The van der Waals surface area contributed by atoms with E-state index in [0.717, 1.165) is 19.0 Å². The van der Waals surface area contributed by atoms with Crippen molar-refractivity contribution in [1.82, 2.24) is 21.3 Å². The molecule has 2 aliphatic rings. The van der Waals surface area contributed by atoms with E-state index in [2.05, 4.69) is 74.3 Å². The molecule has 0 aromatic heterocycles. The molecule has 0 heterocycles. The number of hydrogen-bond acceptors (Lipinski definition) is 4. The molecule has 4 atom stereocenters. The van der Waals surface area contributed by atoms with Crippen LogP contribution in [0.15, 0.2) is 0 Å². The van der Waals surface area contributed by atoms with E-state index in [9.17, 15) is 0 Å². The average Bonchev–Trinajstić information content (AvgIpc) is 3.31. The molecule has 4 nitrogen and oxygen atoms in total. The molecule has 0 aromatic rings. The summed E-state index contributed by atoms with van der Waals surface area (Å²) in [6, 6.07) is 0. The molecule has 0 saturated heterocycles. The van der Waals surface area contributed by atoms with Crippen LogP contribution in [0.4, 0.5) is 0 Å². The molecule has 0 amide bonds. The normalized spacial score (nSPS) is 30.8. The van der Waals surface area contributed by atoms with Crippen molar-refractivity contribution in [1.29, 1.82) is 0 Å². The van der Waals surface area contributed by atoms with Gasteiger partial charge < -0.3 is 0 Å². The summed E-state index contributed by atoms with van der Waals surface area (Å²) in [5, 5.41) is 13.8. The van der Waals surface area contributed by atoms with E-state index >= 15 is 0 Å². The predicted octanol–water partition coefficient (Wildman–Crippen LogP) is 4.22. The standard InChI is InChI=1S/2C9H19N2.2C2H5.2CH3.Ga.In/c2*1-10-6-8-4-3-5-9(8)7-11-2;2*1-2;;;;/h2*8,10-11H,3-7H2,1-2H3;2*1H2,2H3;2*1H3;;. The quantitative estimate of drug-likeness (QED) is 0.260. The zero-order valence-electron chi connectivity index (χ0n) is 21.8. The van der Waals surface area contributed by atoms with Gasteiger partial charge in [-0.25, -0.2) is 0 Å². The Kier molecular flexibility index (Phi) is 15.0. The van der Waals surface area contributed by atoms with Gasteiger partial charge in [0.15, 0.2) is 0 Å². The second-order valence-corrected chi connectivity index (χ2v) is 29.7. The van der Waals surface area contributed by atoms with Gasteiger partial charge in [0, 0.05) is 0 Å². The number of nitrogens with one attached hydrogen (secondary N) is 4. The molecule has 0 spiro atoms. The second-order valence-electron chi connectivity index (χ2n) is 10.5. The van der Waals surface area contributed by atoms with Gasteiger partial charge in [-0.2, -0.15) is 0 Å². The van der Waals surface area contributed by atoms with E-state index in [1.807, 2.05) is 0 Å². The predicted molar refractivity (Wildman–Crippen MR) is 140 cm³/mol. The third-order valence-corrected chi connectivity index (χ3v) is 28.7. The molecule has 6 heteroatoms. The van der Waals surface area contributed by atoms with Crippen LogP contribution >= 0.6 is 0 Å².